The van der Waals surface area contributed by atoms with E-state index >= 15 is 0 Å². The molecule has 1 aromatic carbocycles. The normalized spacial score (nSPS) is 17.8. The van der Waals surface area contributed by atoms with E-state index in [-0.39, 0.29) is 17.1 Å². The van der Waals surface area contributed by atoms with Crippen molar-refractivity contribution in [3.63, 3.8) is 0 Å². The fourth-order valence-corrected chi connectivity index (χ4v) is 1.68. The molecular weight excluding hydrogens is 261 g/mol. The fraction of sp³-hybridized carbons (Fsp3) is 0.417. The molecule has 1 aromatic rings. The molecule has 4 nitrogen and oxygen atoms in total. The Kier molecular flexibility index (Phi) is 3.07. The van der Waals surface area contributed by atoms with Crippen LogP contribution in [0.25, 0.3) is 0 Å². The number of hydrogen-bond donors (Lipinski definition) is 1. The van der Waals surface area contributed by atoms with E-state index in [0.717, 1.165) is 0 Å². The van der Waals surface area contributed by atoms with E-state index in [9.17, 15) is 13.2 Å². The minimum absolute atomic E-state index is 0.0999. The largest absolute Gasteiger partial charge is 0.573 e. The second-order valence-corrected chi connectivity index (χ2v) is 4.79. The van der Waals surface area contributed by atoms with Gasteiger partial charge in [-0.2, -0.15) is 0 Å². The van der Waals surface area contributed by atoms with Crippen molar-refractivity contribution in [3.05, 3.63) is 23.8 Å². The number of nitrogens with two attached hydrogens (primary N) is 1. The summed E-state index contributed by atoms with van der Waals surface area (Å²) >= 11 is 0. The molecule has 2 rings (SSSR count). The molecule has 0 amide bonds. The van der Waals surface area contributed by atoms with Crippen molar-refractivity contribution in [1.29, 1.82) is 0 Å². The molecule has 0 aromatic heterocycles. The summed E-state index contributed by atoms with van der Waals surface area (Å²) in [5.41, 5.74) is 5.03. The highest BCUT2D eigenvalue weighted by molar-refractivity contribution is 5.99. The van der Waals surface area contributed by atoms with Gasteiger partial charge in [0.15, 0.2) is 5.75 Å². The van der Waals surface area contributed by atoms with Crippen LogP contribution in [-0.4, -0.2) is 24.4 Å². The Morgan fingerprint density at radius 2 is 2.05 bits per heavy atom. The van der Waals surface area contributed by atoms with Crippen molar-refractivity contribution in [2.24, 2.45) is 4.99 Å². The lowest BCUT2D eigenvalue weighted by Crippen LogP contribution is -2.20. The van der Waals surface area contributed by atoms with E-state index in [1.165, 1.54) is 18.2 Å². The number of nitrogens with zero attached hydrogens (tertiary/aromatic N) is 1. The molecule has 0 radical (unpaired) electrons. The average molecular weight is 274 g/mol. The number of anilines is 1. The van der Waals surface area contributed by atoms with Gasteiger partial charge in [-0.1, -0.05) is 6.07 Å². The van der Waals surface area contributed by atoms with Crippen LogP contribution in [0.4, 0.5) is 18.9 Å². The molecule has 0 spiro atoms. The van der Waals surface area contributed by atoms with E-state index < -0.39 is 17.7 Å². The lowest BCUT2D eigenvalue weighted by atomic mass is 10.1. The van der Waals surface area contributed by atoms with Gasteiger partial charge in [-0.25, -0.2) is 4.99 Å². The summed E-state index contributed by atoms with van der Waals surface area (Å²) in [5, 5.41) is 0. The van der Waals surface area contributed by atoms with Crippen molar-refractivity contribution in [2.75, 3.05) is 12.3 Å². The van der Waals surface area contributed by atoms with Crippen molar-refractivity contribution in [2.45, 2.75) is 25.7 Å². The van der Waals surface area contributed by atoms with Gasteiger partial charge in [0.05, 0.1) is 16.8 Å². The van der Waals surface area contributed by atoms with E-state index in [1.54, 1.807) is 0 Å². The summed E-state index contributed by atoms with van der Waals surface area (Å²) in [6.45, 7) is 3.93. The maximum atomic E-state index is 12.4. The summed E-state index contributed by atoms with van der Waals surface area (Å²) < 4.78 is 46.4. The third-order valence-corrected chi connectivity index (χ3v) is 2.46. The summed E-state index contributed by atoms with van der Waals surface area (Å²) in [4.78, 5) is 4.21. The average Bonchev–Trinajstić information content (AvgIpc) is 2.60. The molecule has 0 unspecified atom stereocenters. The standard InChI is InChI=1S/C12H13F3N2O2/c1-11(2)6-18-10(17-11)7-4-3-5-8(16)9(7)19-12(13,14)15/h3-5H,6,16H2,1-2H3. The number of halogens is 3. The van der Waals surface area contributed by atoms with E-state index in [4.69, 9.17) is 10.5 Å². The number of benzene rings is 1. The summed E-state index contributed by atoms with van der Waals surface area (Å²) in [7, 11) is 0. The highest BCUT2D eigenvalue weighted by Gasteiger charge is 2.35. The maximum Gasteiger partial charge on any atom is 0.573 e. The molecule has 1 aliphatic rings. The Hall–Kier alpha value is -1.92. The van der Waals surface area contributed by atoms with Crippen LogP contribution in [0.15, 0.2) is 23.2 Å². The first-order chi connectivity index (χ1) is 8.68. The molecule has 1 aliphatic heterocycles. The minimum Gasteiger partial charge on any atom is -0.475 e. The molecule has 0 saturated heterocycles. The van der Waals surface area contributed by atoms with Crippen molar-refractivity contribution < 1.29 is 22.6 Å². The van der Waals surface area contributed by atoms with Crippen LogP contribution < -0.4 is 10.5 Å². The molecule has 0 atom stereocenters. The number of nitrogen functional groups attached to an aromatic ring is 1. The summed E-state index contributed by atoms with van der Waals surface area (Å²) in [5.74, 6) is -0.372. The Morgan fingerprint density at radius 1 is 1.37 bits per heavy atom. The zero-order chi connectivity index (χ0) is 14.3. The number of rotatable bonds is 2. The molecule has 0 aliphatic carbocycles. The SMILES string of the molecule is CC1(C)COC(c2cccc(N)c2OC(F)(F)F)=N1. The van der Waals surface area contributed by atoms with Crippen molar-refractivity contribution >= 4 is 11.6 Å². The molecule has 0 bridgehead atoms. The first-order valence-electron chi connectivity index (χ1n) is 5.55. The zero-order valence-corrected chi connectivity index (χ0v) is 10.4. The lowest BCUT2D eigenvalue weighted by molar-refractivity contribution is -0.274. The Bertz CT molecular complexity index is 524. The topological polar surface area (TPSA) is 56.8 Å². The van der Waals surface area contributed by atoms with Gasteiger partial charge in [-0.05, 0) is 26.0 Å². The fourth-order valence-electron chi connectivity index (χ4n) is 1.68. The van der Waals surface area contributed by atoms with Crippen LogP contribution in [0.1, 0.15) is 19.4 Å². The smallest absolute Gasteiger partial charge is 0.475 e. The molecule has 1 heterocycles. The summed E-state index contributed by atoms with van der Waals surface area (Å²) in [6, 6.07) is 4.27. The molecule has 0 saturated carbocycles. The number of ether oxygens (including phenoxy) is 2. The van der Waals surface area contributed by atoms with Gasteiger partial charge in [-0.3, -0.25) is 0 Å². The second kappa shape index (κ2) is 4.32. The van der Waals surface area contributed by atoms with Crippen molar-refractivity contribution in [1.82, 2.24) is 0 Å². The highest BCUT2D eigenvalue weighted by atomic mass is 19.4. The molecule has 7 heteroatoms. The predicted octanol–water partition coefficient (Wildman–Crippen LogP) is 2.72. The Balaban J connectivity index is 2.44. The highest BCUT2D eigenvalue weighted by Crippen LogP contribution is 2.34. The van der Waals surface area contributed by atoms with Crippen molar-refractivity contribution in [3.8, 4) is 5.75 Å². The predicted molar refractivity (Wildman–Crippen MR) is 64.1 cm³/mol. The van der Waals surface area contributed by atoms with E-state index in [2.05, 4.69) is 9.73 Å². The Morgan fingerprint density at radius 3 is 2.58 bits per heavy atom. The number of aliphatic imine (C=N–C) groups is 1. The molecule has 2 N–H and O–H groups in total. The number of para-hydroxylation sites is 1. The third-order valence-electron chi connectivity index (χ3n) is 2.46. The zero-order valence-electron chi connectivity index (χ0n) is 10.4. The number of hydrogen-bond acceptors (Lipinski definition) is 4. The lowest BCUT2D eigenvalue weighted by Gasteiger charge is -2.14. The molecule has 104 valence electrons. The Labute approximate surface area is 108 Å². The summed E-state index contributed by atoms with van der Waals surface area (Å²) in [6.07, 6.45) is -4.82. The van der Waals surface area contributed by atoms with E-state index in [0.29, 0.717) is 6.61 Å². The quantitative estimate of drug-likeness (QED) is 0.844. The van der Waals surface area contributed by atoms with Crippen LogP contribution in [0, 0.1) is 0 Å². The third kappa shape index (κ3) is 3.10. The van der Waals surface area contributed by atoms with Crippen LogP contribution in [0.3, 0.4) is 0 Å². The van der Waals surface area contributed by atoms with Crippen LogP contribution >= 0.6 is 0 Å². The van der Waals surface area contributed by atoms with E-state index in [1.807, 2.05) is 13.8 Å². The van der Waals surface area contributed by atoms with Crippen LogP contribution in [-0.2, 0) is 4.74 Å². The number of alkyl halides is 3. The first kappa shape index (κ1) is 13.5. The monoisotopic (exact) mass is 274 g/mol. The van der Waals surface area contributed by atoms with Gasteiger partial charge in [0.1, 0.15) is 6.61 Å². The first-order valence-corrected chi connectivity index (χ1v) is 5.55. The second-order valence-electron chi connectivity index (χ2n) is 4.79. The maximum absolute atomic E-state index is 12.4. The van der Waals surface area contributed by atoms with Crippen LogP contribution in [0.5, 0.6) is 5.75 Å². The minimum atomic E-state index is -4.82. The van der Waals surface area contributed by atoms with Crippen LogP contribution in [0.2, 0.25) is 0 Å². The van der Waals surface area contributed by atoms with Gasteiger partial charge >= 0.3 is 6.36 Å². The van der Waals surface area contributed by atoms with Gasteiger partial charge in [0.25, 0.3) is 0 Å². The molecular formula is C12H13F3N2O2. The van der Waals surface area contributed by atoms with Gasteiger partial charge in [0.2, 0.25) is 5.90 Å². The molecule has 19 heavy (non-hydrogen) atoms. The van der Waals surface area contributed by atoms with Gasteiger partial charge in [0, 0.05) is 0 Å². The van der Waals surface area contributed by atoms with Gasteiger partial charge < -0.3 is 15.2 Å². The van der Waals surface area contributed by atoms with Gasteiger partial charge in [-0.15, -0.1) is 13.2 Å². The molecule has 0 fully saturated rings.